The third kappa shape index (κ3) is 4.47. The van der Waals surface area contributed by atoms with Gasteiger partial charge in [0.1, 0.15) is 10.6 Å². The van der Waals surface area contributed by atoms with Crippen molar-refractivity contribution in [2.24, 2.45) is 5.92 Å². The highest BCUT2D eigenvalue weighted by atomic mass is 32.1. The van der Waals surface area contributed by atoms with E-state index < -0.39 is 11.6 Å². The number of carbonyl (C=O) groups is 1. The zero-order valence-electron chi connectivity index (χ0n) is 17.2. The Morgan fingerprint density at radius 2 is 2.13 bits per heavy atom. The quantitative estimate of drug-likeness (QED) is 0.590. The molecule has 3 aromatic rings. The average Bonchev–Trinajstić information content (AvgIpc) is 3.22. The highest BCUT2D eigenvalue weighted by Gasteiger charge is 2.36. The minimum absolute atomic E-state index is 0.140. The number of carbonyl (C=O) groups excluding carboxylic acids is 1. The van der Waals surface area contributed by atoms with Crippen LogP contribution in [0.25, 0.3) is 10.2 Å². The topological polar surface area (TPSA) is 84.4 Å². The molecule has 0 amide bonds. The molecule has 1 N–H and O–H groups in total. The first-order valence-corrected chi connectivity index (χ1v) is 11.2. The summed E-state index contributed by atoms with van der Waals surface area (Å²) in [6, 6.07) is 8.05. The Kier molecular flexibility index (Phi) is 6.33. The number of ether oxygens (including phenoxy) is 1. The van der Waals surface area contributed by atoms with E-state index >= 15 is 0 Å². The van der Waals surface area contributed by atoms with Crippen LogP contribution < -0.4 is 11.2 Å². The van der Waals surface area contributed by atoms with Crippen molar-refractivity contribution in [3.05, 3.63) is 67.9 Å². The van der Waals surface area contributed by atoms with E-state index in [9.17, 15) is 18.8 Å². The summed E-state index contributed by atoms with van der Waals surface area (Å²) in [5.41, 5.74) is 0.0430. The van der Waals surface area contributed by atoms with Gasteiger partial charge < -0.3 is 9.64 Å². The largest absolute Gasteiger partial charge is 0.466 e. The minimum Gasteiger partial charge on any atom is -0.466 e. The molecule has 0 unspecified atom stereocenters. The van der Waals surface area contributed by atoms with Gasteiger partial charge >= 0.3 is 11.7 Å². The number of nitrogens with zero attached hydrogens (tertiary/aromatic N) is 2. The number of nitrogens with one attached hydrogen (secondary N) is 1. The smallest absolute Gasteiger partial charge is 0.329 e. The lowest BCUT2D eigenvalue weighted by atomic mass is 9.80. The zero-order chi connectivity index (χ0) is 22.0. The number of rotatable bonds is 6. The first-order valence-electron chi connectivity index (χ1n) is 10.3. The normalized spacial score (nSPS) is 19.5. The molecule has 0 spiro atoms. The Hall–Kier alpha value is -2.78. The molecule has 1 fully saturated rings. The van der Waals surface area contributed by atoms with E-state index in [0.29, 0.717) is 36.3 Å². The highest BCUT2D eigenvalue weighted by molar-refractivity contribution is 7.16. The van der Waals surface area contributed by atoms with Gasteiger partial charge in [-0.2, -0.15) is 0 Å². The molecular formula is C22H24FN3O4S. The molecule has 3 heterocycles. The fraction of sp³-hybridized carbons (Fsp3) is 0.409. The van der Waals surface area contributed by atoms with Gasteiger partial charge in [-0.3, -0.25) is 19.1 Å². The number of fused-ring (bicyclic) bond motifs is 1. The second kappa shape index (κ2) is 9.15. The number of halogens is 1. The van der Waals surface area contributed by atoms with Gasteiger partial charge in [0, 0.05) is 19.6 Å². The van der Waals surface area contributed by atoms with Crippen molar-refractivity contribution in [2.75, 3.05) is 26.2 Å². The van der Waals surface area contributed by atoms with Gasteiger partial charge in [-0.05, 0) is 54.9 Å². The number of hydrogen-bond acceptors (Lipinski definition) is 6. The van der Waals surface area contributed by atoms with Gasteiger partial charge in [0.25, 0.3) is 5.56 Å². The second-order valence-electron chi connectivity index (χ2n) is 7.66. The van der Waals surface area contributed by atoms with Crippen molar-refractivity contribution in [1.29, 1.82) is 0 Å². The van der Waals surface area contributed by atoms with Crippen molar-refractivity contribution in [1.82, 2.24) is 14.5 Å². The van der Waals surface area contributed by atoms with Gasteiger partial charge in [-0.1, -0.05) is 12.1 Å². The number of benzene rings is 1. The zero-order valence-corrected chi connectivity index (χ0v) is 18.0. The minimum atomic E-state index is -0.440. The molecule has 2 aromatic heterocycles. The third-order valence-electron chi connectivity index (χ3n) is 5.81. The van der Waals surface area contributed by atoms with Crippen LogP contribution in [0.3, 0.4) is 0 Å². The summed E-state index contributed by atoms with van der Waals surface area (Å²) in [6.07, 6.45) is 0.655. The van der Waals surface area contributed by atoms with E-state index in [4.69, 9.17) is 4.74 Å². The maximum absolute atomic E-state index is 13.8. The predicted molar refractivity (Wildman–Crippen MR) is 117 cm³/mol. The standard InChI is InChI=1S/C22H24FN3O4S/c1-2-30-21(28)18-13-25(8-6-16(18)14-4-3-5-15(23)12-14)9-10-26-20(27)17-7-11-31-19(17)24-22(26)29/h3-5,7,11-12,16,18H,2,6,8-10,13H2,1H3,(H,24,29)/t16-,18-/m1/s1. The molecule has 31 heavy (non-hydrogen) atoms. The lowest BCUT2D eigenvalue weighted by Crippen LogP contribution is -2.46. The average molecular weight is 446 g/mol. The van der Waals surface area contributed by atoms with Crippen molar-refractivity contribution in [3.8, 4) is 0 Å². The molecular weight excluding hydrogens is 421 g/mol. The molecule has 9 heteroatoms. The van der Waals surface area contributed by atoms with Gasteiger partial charge in [-0.25, -0.2) is 9.18 Å². The van der Waals surface area contributed by atoms with E-state index in [2.05, 4.69) is 9.88 Å². The van der Waals surface area contributed by atoms with Gasteiger partial charge in [0.05, 0.1) is 17.9 Å². The molecule has 0 radical (unpaired) electrons. The van der Waals surface area contributed by atoms with Crippen LogP contribution in [0, 0.1) is 11.7 Å². The fourth-order valence-corrected chi connectivity index (χ4v) is 5.04. The Bertz CT molecular complexity index is 1200. The summed E-state index contributed by atoms with van der Waals surface area (Å²) in [4.78, 5) is 43.0. The summed E-state index contributed by atoms with van der Waals surface area (Å²) >= 11 is 1.32. The monoisotopic (exact) mass is 445 g/mol. The Morgan fingerprint density at radius 3 is 2.90 bits per heavy atom. The molecule has 4 rings (SSSR count). The van der Waals surface area contributed by atoms with E-state index in [1.807, 2.05) is 6.07 Å². The Morgan fingerprint density at radius 1 is 1.29 bits per heavy atom. The molecule has 7 nitrogen and oxygen atoms in total. The summed E-state index contributed by atoms with van der Waals surface area (Å²) < 4.78 is 20.2. The van der Waals surface area contributed by atoms with Gasteiger partial charge in [-0.15, -0.1) is 11.3 Å². The number of H-pyrrole nitrogens is 1. The SMILES string of the molecule is CCOC(=O)[C@@H]1CN(CCn2c(=O)[nH]c3sccc3c2=O)CC[C@@H]1c1cccc(F)c1. The maximum atomic E-state index is 13.8. The van der Waals surface area contributed by atoms with Crippen LogP contribution in [0.2, 0.25) is 0 Å². The van der Waals surface area contributed by atoms with Crippen molar-refractivity contribution in [2.45, 2.75) is 25.8 Å². The van der Waals surface area contributed by atoms with E-state index in [1.54, 1.807) is 24.4 Å². The molecule has 2 atom stereocenters. The van der Waals surface area contributed by atoms with Crippen LogP contribution in [-0.2, 0) is 16.1 Å². The van der Waals surface area contributed by atoms with Crippen LogP contribution in [0.15, 0.2) is 45.3 Å². The number of likely N-dealkylation sites (tertiary alicyclic amines) is 1. The molecule has 1 aliphatic rings. The van der Waals surface area contributed by atoms with E-state index in [0.717, 1.165) is 5.56 Å². The Balaban J connectivity index is 1.51. The van der Waals surface area contributed by atoms with Crippen LogP contribution in [0.5, 0.6) is 0 Å². The third-order valence-corrected chi connectivity index (χ3v) is 6.64. The van der Waals surface area contributed by atoms with Crippen LogP contribution in [0.4, 0.5) is 4.39 Å². The van der Waals surface area contributed by atoms with Crippen molar-refractivity contribution >= 4 is 27.5 Å². The van der Waals surface area contributed by atoms with Crippen molar-refractivity contribution < 1.29 is 13.9 Å². The highest BCUT2D eigenvalue weighted by Crippen LogP contribution is 2.34. The summed E-state index contributed by atoms with van der Waals surface area (Å²) in [5.74, 6) is -1.22. The molecule has 164 valence electrons. The number of aromatic amines is 1. The number of thiophene rings is 1. The van der Waals surface area contributed by atoms with Crippen LogP contribution >= 0.6 is 11.3 Å². The number of esters is 1. The van der Waals surface area contributed by atoms with Crippen LogP contribution in [-0.4, -0.2) is 46.7 Å². The van der Waals surface area contributed by atoms with Gasteiger partial charge in [0.15, 0.2) is 0 Å². The maximum Gasteiger partial charge on any atom is 0.329 e. The number of piperidine rings is 1. The van der Waals surface area contributed by atoms with E-state index in [1.165, 1.54) is 28.0 Å². The lowest BCUT2D eigenvalue weighted by Gasteiger charge is -2.37. The van der Waals surface area contributed by atoms with Crippen LogP contribution in [0.1, 0.15) is 24.8 Å². The summed E-state index contributed by atoms with van der Waals surface area (Å²) in [7, 11) is 0. The number of aromatic nitrogens is 2. The molecule has 1 aliphatic heterocycles. The summed E-state index contributed by atoms with van der Waals surface area (Å²) in [6.45, 7) is 3.80. The molecule has 1 saturated heterocycles. The second-order valence-corrected chi connectivity index (χ2v) is 8.58. The van der Waals surface area contributed by atoms with Gasteiger partial charge in [0.2, 0.25) is 0 Å². The molecule has 1 aromatic carbocycles. The van der Waals surface area contributed by atoms with Crippen molar-refractivity contribution in [3.63, 3.8) is 0 Å². The first-order chi connectivity index (χ1) is 15.0. The molecule has 0 saturated carbocycles. The van der Waals surface area contributed by atoms with E-state index in [-0.39, 0.29) is 36.4 Å². The lowest BCUT2D eigenvalue weighted by molar-refractivity contribution is -0.150. The fourth-order valence-electron chi connectivity index (χ4n) is 4.27. The Labute approximate surface area is 182 Å². The molecule has 0 bridgehead atoms. The first kappa shape index (κ1) is 21.5. The predicted octanol–water partition coefficient (Wildman–Crippen LogP) is 2.56. The summed E-state index contributed by atoms with van der Waals surface area (Å²) in [5, 5.41) is 2.27. The number of hydrogen-bond donors (Lipinski definition) is 1. The molecule has 0 aliphatic carbocycles.